The van der Waals surface area contributed by atoms with Gasteiger partial charge in [-0.15, -0.1) is 0 Å². The summed E-state index contributed by atoms with van der Waals surface area (Å²) >= 11 is 0. The van der Waals surface area contributed by atoms with E-state index < -0.39 is 0 Å². The summed E-state index contributed by atoms with van der Waals surface area (Å²) in [4.78, 5) is 4.58. The third-order valence-corrected chi connectivity index (χ3v) is 3.08. The van der Waals surface area contributed by atoms with Crippen molar-refractivity contribution >= 4 is 0 Å². The minimum Gasteiger partial charge on any atom is -0.331 e. The summed E-state index contributed by atoms with van der Waals surface area (Å²) in [5.41, 5.74) is 3.04. The number of likely N-dealkylation sites (N-methyl/N-ethyl adjacent to an activating group) is 1. The van der Waals surface area contributed by atoms with Crippen LogP contribution in [0.25, 0.3) is 11.3 Å². The summed E-state index contributed by atoms with van der Waals surface area (Å²) in [7, 11) is 3.93. The smallest absolute Gasteiger partial charge is 0.123 e. The van der Waals surface area contributed by atoms with E-state index in [0.29, 0.717) is 0 Å². The van der Waals surface area contributed by atoms with Crippen LogP contribution in [-0.2, 0) is 13.5 Å². The van der Waals surface area contributed by atoms with E-state index in [2.05, 4.69) is 14.9 Å². The predicted molar refractivity (Wildman–Crippen MR) is 71.0 cm³/mol. The highest BCUT2D eigenvalue weighted by atomic mass is 19.1. The van der Waals surface area contributed by atoms with Gasteiger partial charge in [0.2, 0.25) is 0 Å². The molecule has 0 aliphatic heterocycles. The third kappa shape index (κ3) is 2.43. The van der Waals surface area contributed by atoms with E-state index in [4.69, 9.17) is 0 Å². The highest BCUT2D eigenvalue weighted by molar-refractivity contribution is 5.62. The molecule has 1 N–H and O–H groups in total. The maximum atomic E-state index is 12.9. The van der Waals surface area contributed by atoms with Crippen molar-refractivity contribution in [2.45, 2.75) is 13.3 Å². The van der Waals surface area contributed by atoms with Gasteiger partial charge in [-0.3, -0.25) is 0 Å². The van der Waals surface area contributed by atoms with Gasteiger partial charge in [0.25, 0.3) is 0 Å². The molecule has 0 saturated heterocycles. The summed E-state index contributed by atoms with van der Waals surface area (Å²) in [6.07, 6.45) is 0.884. The topological polar surface area (TPSA) is 29.9 Å². The lowest BCUT2D eigenvalue weighted by Crippen LogP contribution is -2.13. The van der Waals surface area contributed by atoms with Crippen molar-refractivity contribution in [3.63, 3.8) is 0 Å². The van der Waals surface area contributed by atoms with Gasteiger partial charge in [-0.05, 0) is 38.2 Å². The lowest BCUT2D eigenvalue weighted by Gasteiger charge is -2.06. The van der Waals surface area contributed by atoms with Crippen LogP contribution in [0.2, 0.25) is 0 Å². The maximum Gasteiger partial charge on any atom is 0.123 e. The first-order chi connectivity index (χ1) is 8.63. The van der Waals surface area contributed by atoms with Crippen LogP contribution in [0.1, 0.15) is 11.5 Å². The molecule has 0 aliphatic carbocycles. The van der Waals surface area contributed by atoms with E-state index in [9.17, 15) is 4.39 Å². The van der Waals surface area contributed by atoms with Gasteiger partial charge >= 0.3 is 0 Å². The predicted octanol–water partition coefficient (Wildman–Crippen LogP) is 2.30. The SMILES string of the molecule is CNCCc1nc(C)c(-c2ccc(F)cc2)n1C. The van der Waals surface area contributed by atoms with Crippen molar-refractivity contribution in [2.24, 2.45) is 7.05 Å². The van der Waals surface area contributed by atoms with Gasteiger partial charge < -0.3 is 9.88 Å². The summed E-state index contributed by atoms with van der Waals surface area (Å²) in [6, 6.07) is 6.55. The standard InChI is InChI=1S/C14H18FN3/c1-10-14(11-4-6-12(15)7-5-11)18(3)13(17-10)8-9-16-2/h4-7,16H,8-9H2,1-3H3. The molecule has 0 atom stereocenters. The first-order valence-electron chi connectivity index (χ1n) is 6.06. The first-order valence-corrected chi connectivity index (χ1v) is 6.06. The molecule has 0 unspecified atom stereocenters. The average molecular weight is 247 g/mol. The van der Waals surface area contributed by atoms with Crippen molar-refractivity contribution in [1.82, 2.24) is 14.9 Å². The quantitative estimate of drug-likeness (QED) is 0.898. The van der Waals surface area contributed by atoms with E-state index in [0.717, 1.165) is 35.7 Å². The van der Waals surface area contributed by atoms with Gasteiger partial charge in [-0.2, -0.15) is 0 Å². The number of hydrogen-bond donors (Lipinski definition) is 1. The van der Waals surface area contributed by atoms with E-state index in [-0.39, 0.29) is 5.82 Å². The van der Waals surface area contributed by atoms with Crippen molar-refractivity contribution in [3.05, 3.63) is 41.6 Å². The van der Waals surface area contributed by atoms with E-state index in [1.807, 2.05) is 21.0 Å². The van der Waals surface area contributed by atoms with Crippen molar-refractivity contribution < 1.29 is 4.39 Å². The molecule has 3 nitrogen and oxygen atoms in total. The second-order valence-electron chi connectivity index (χ2n) is 4.38. The zero-order valence-electron chi connectivity index (χ0n) is 11.0. The Morgan fingerprint density at radius 2 is 1.94 bits per heavy atom. The number of aromatic nitrogens is 2. The highest BCUT2D eigenvalue weighted by Crippen LogP contribution is 2.24. The second-order valence-corrected chi connectivity index (χ2v) is 4.38. The Morgan fingerprint density at radius 1 is 1.28 bits per heavy atom. The van der Waals surface area contributed by atoms with Crippen LogP contribution >= 0.6 is 0 Å². The molecule has 0 radical (unpaired) electrons. The Labute approximate surface area is 107 Å². The molecule has 18 heavy (non-hydrogen) atoms. The third-order valence-electron chi connectivity index (χ3n) is 3.08. The number of hydrogen-bond acceptors (Lipinski definition) is 2. The van der Waals surface area contributed by atoms with Crippen LogP contribution in [0, 0.1) is 12.7 Å². The fraction of sp³-hybridized carbons (Fsp3) is 0.357. The lowest BCUT2D eigenvalue weighted by molar-refractivity contribution is 0.628. The van der Waals surface area contributed by atoms with Crippen LogP contribution in [0.5, 0.6) is 0 Å². The monoisotopic (exact) mass is 247 g/mol. The highest BCUT2D eigenvalue weighted by Gasteiger charge is 2.12. The van der Waals surface area contributed by atoms with E-state index in [1.54, 1.807) is 12.1 Å². The molecule has 1 aromatic heterocycles. The Balaban J connectivity index is 2.38. The second kappa shape index (κ2) is 5.31. The van der Waals surface area contributed by atoms with Crippen LogP contribution < -0.4 is 5.32 Å². The number of rotatable bonds is 4. The van der Waals surface area contributed by atoms with Gasteiger partial charge in [0.05, 0.1) is 11.4 Å². The molecule has 2 aromatic rings. The summed E-state index contributed by atoms with van der Waals surface area (Å²) < 4.78 is 15.0. The zero-order valence-corrected chi connectivity index (χ0v) is 11.0. The number of nitrogens with zero attached hydrogens (tertiary/aromatic N) is 2. The average Bonchev–Trinajstić information content (AvgIpc) is 2.63. The number of halogens is 1. The van der Waals surface area contributed by atoms with Gasteiger partial charge in [0, 0.05) is 25.6 Å². The fourth-order valence-corrected chi connectivity index (χ4v) is 2.16. The lowest BCUT2D eigenvalue weighted by atomic mass is 10.1. The Kier molecular flexibility index (Phi) is 3.77. The largest absolute Gasteiger partial charge is 0.331 e. The number of imidazole rings is 1. The van der Waals surface area contributed by atoms with Crippen molar-refractivity contribution in [2.75, 3.05) is 13.6 Å². The molecule has 0 fully saturated rings. The molecule has 96 valence electrons. The van der Waals surface area contributed by atoms with Gasteiger partial charge in [0.15, 0.2) is 0 Å². The zero-order chi connectivity index (χ0) is 13.1. The molecule has 0 amide bonds. The summed E-state index contributed by atoms with van der Waals surface area (Å²) in [5.74, 6) is 0.829. The molecule has 2 rings (SSSR count). The van der Waals surface area contributed by atoms with Gasteiger partial charge in [0.1, 0.15) is 11.6 Å². The molecule has 0 spiro atoms. The van der Waals surface area contributed by atoms with Crippen LogP contribution in [-0.4, -0.2) is 23.1 Å². The molecular formula is C14H18FN3. The Bertz CT molecular complexity index is 529. The minimum atomic E-state index is -0.214. The first kappa shape index (κ1) is 12.8. The normalized spacial score (nSPS) is 10.9. The minimum absolute atomic E-state index is 0.214. The summed E-state index contributed by atoms with van der Waals surface area (Å²) in [6.45, 7) is 2.88. The molecule has 0 saturated carbocycles. The molecular weight excluding hydrogens is 229 g/mol. The van der Waals surface area contributed by atoms with E-state index in [1.165, 1.54) is 12.1 Å². The Morgan fingerprint density at radius 3 is 2.56 bits per heavy atom. The molecule has 0 aliphatic rings. The molecule has 1 aromatic carbocycles. The number of nitrogens with one attached hydrogen (secondary N) is 1. The molecule has 4 heteroatoms. The Hall–Kier alpha value is -1.68. The maximum absolute atomic E-state index is 12.9. The van der Waals surface area contributed by atoms with Crippen LogP contribution in [0.15, 0.2) is 24.3 Å². The summed E-state index contributed by atoms with van der Waals surface area (Å²) in [5, 5.41) is 3.12. The molecule has 0 bridgehead atoms. The number of benzene rings is 1. The van der Waals surface area contributed by atoms with Gasteiger partial charge in [-0.25, -0.2) is 9.37 Å². The molecule has 1 heterocycles. The van der Waals surface area contributed by atoms with Gasteiger partial charge in [-0.1, -0.05) is 0 Å². The fourth-order valence-electron chi connectivity index (χ4n) is 2.16. The van der Waals surface area contributed by atoms with Crippen molar-refractivity contribution in [3.8, 4) is 11.3 Å². The van der Waals surface area contributed by atoms with Crippen LogP contribution in [0.4, 0.5) is 4.39 Å². The van der Waals surface area contributed by atoms with Crippen molar-refractivity contribution in [1.29, 1.82) is 0 Å². The van der Waals surface area contributed by atoms with Crippen LogP contribution in [0.3, 0.4) is 0 Å². The number of aryl methyl sites for hydroxylation is 1. The van der Waals surface area contributed by atoms with E-state index >= 15 is 0 Å².